The third-order valence-corrected chi connectivity index (χ3v) is 6.35. The van der Waals surface area contributed by atoms with Crippen LogP contribution in [0.2, 0.25) is 0 Å². The molecule has 3 aliphatic rings. The lowest BCUT2D eigenvalue weighted by atomic mass is 9.74. The molecule has 3 nitrogen and oxygen atoms in total. The van der Waals surface area contributed by atoms with Gasteiger partial charge in [0.2, 0.25) is 0 Å². The highest BCUT2D eigenvalue weighted by atomic mass is 16.7. The maximum atomic E-state index is 6.27. The van der Waals surface area contributed by atoms with E-state index in [1.165, 1.54) is 18.4 Å². The van der Waals surface area contributed by atoms with Crippen molar-refractivity contribution in [2.24, 2.45) is 0 Å². The summed E-state index contributed by atoms with van der Waals surface area (Å²) in [5.74, 6) is 1.03. The summed E-state index contributed by atoms with van der Waals surface area (Å²) in [7, 11) is -0.337. The van der Waals surface area contributed by atoms with E-state index in [-0.39, 0.29) is 18.3 Å². The predicted molar refractivity (Wildman–Crippen MR) is 97.9 cm³/mol. The Labute approximate surface area is 145 Å². The molecule has 0 aromatic heterocycles. The van der Waals surface area contributed by atoms with Crippen LogP contribution in [0.4, 0.5) is 0 Å². The summed E-state index contributed by atoms with van der Waals surface area (Å²) in [6, 6.07) is 4.40. The number of fused-ring (bicyclic) bond motifs is 2. The van der Waals surface area contributed by atoms with Crippen LogP contribution >= 0.6 is 0 Å². The van der Waals surface area contributed by atoms with Crippen molar-refractivity contribution in [2.45, 2.75) is 70.5 Å². The molecule has 4 rings (SSSR count). The number of benzene rings is 1. The van der Waals surface area contributed by atoms with Crippen molar-refractivity contribution in [3.63, 3.8) is 0 Å². The van der Waals surface area contributed by atoms with E-state index >= 15 is 0 Å². The lowest BCUT2D eigenvalue weighted by Crippen LogP contribution is -2.41. The van der Waals surface area contributed by atoms with E-state index in [0.29, 0.717) is 5.41 Å². The summed E-state index contributed by atoms with van der Waals surface area (Å²) < 4.78 is 18.6. The molecule has 0 radical (unpaired) electrons. The fourth-order valence-electron chi connectivity index (χ4n) is 3.79. The monoisotopic (exact) mass is 326 g/mol. The standard InChI is InChI=1S/C20H27BO3/c1-13(2)15-11-14(21-23-18(3,4)19(5,6)24-21)12-16-17(15)22-10-9-20(16)7-8-20/h11-12H,1,7-10H2,2-6H3. The Bertz CT molecular complexity index is 700. The van der Waals surface area contributed by atoms with Gasteiger partial charge in [-0.15, -0.1) is 0 Å². The van der Waals surface area contributed by atoms with Gasteiger partial charge in [0, 0.05) is 16.5 Å². The average molecular weight is 326 g/mol. The molecule has 2 fully saturated rings. The van der Waals surface area contributed by atoms with Gasteiger partial charge >= 0.3 is 7.12 Å². The lowest BCUT2D eigenvalue weighted by molar-refractivity contribution is 0.00578. The quantitative estimate of drug-likeness (QED) is 0.773. The Hall–Kier alpha value is -1.26. The van der Waals surface area contributed by atoms with Crippen molar-refractivity contribution in [3.8, 4) is 5.75 Å². The smallest absolute Gasteiger partial charge is 0.493 e. The first-order valence-corrected chi connectivity index (χ1v) is 8.98. The van der Waals surface area contributed by atoms with Crippen molar-refractivity contribution in [2.75, 3.05) is 6.61 Å². The van der Waals surface area contributed by atoms with Crippen LogP contribution in [-0.4, -0.2) is 24.9 Å². The van der Waals surface area contributed by atoms with Crippen molar-refractivity contribution < 1.29 is 14.0 Å². The van der Waals surface area contributed by atoms with Crippen LogP contribution in [-0.2, 0) is 14.7 Å². The van der Waals surface area contributed by atoms with E-state index in [2.05, 4.69) is 46.4 Å². The summed E-state index contributed by atoms with van der Waals surface area (Å²) in [6.07, 6.45) is 3.63. The molecule has 2 aliphatic heterocycles. The number of hydrogen-bond donors (Lipinski definition) is 0. The van der Waals surface area contributed by atoms with Crippen molar-refractivity contribution in [3.05, 3.63) is 29.8 Å². The molecule has 0 N–H and O–H groups in total. The third-order valence-electron chi connectivity index (χ3n) is 6.35. The number of hydrogen-bond acceptors (Lipinski definition) is 3. The molecule has 2 heterocycles. The van der Waals surface area contributed by atoms with E-state index < -0.39 is 0 Å². The zero-order valence-electron chi connectivity index (χ0n) is 15.5. The van der Waals surface area contributed by atoms with E-state index in [9.17, 15) is 0 Å². The third kappa shape index (κ3) is 2.27. The largest absolute Gasteiger partial charge is 0.494 e. The van der Waals surface area contributed by atoms with Gasteiger partial charge in [0.15, 0.2) is 0 Å². The van der Waals surface area contributed by atoms with Gasteiger partial charge in [-0.3, -0.25) is 0 Å². The van der Waals surface area contributed by atoms with Crippen LogP contribution in [0, 0.1) is 0 Å². The first-order valence-electron chi connectivity index (χ1n) is 8.98. The summed E-state index contributed by atoms with van der Waals surface area (Å²) in [6.45, 7) is 15.4. The second kappa shape index (κ2) is 4.89. The normalized spacial score (nSPS) is 25.3. The molecule has 4 heteroatoms. The Morgan fingerprint density at radius 3 is 2.21 bits per heavy atom. The zero-order chi connectivity index (χ0) is 17.3. The average Bonchev–Trinajstić information content (AvgIpc) is 3.21. The molecular weight excluding hydrogens is 299 g/mol. The minimum absolute atomic E-state index is 0.317. The first-order chi connectivity index (χ1) is 11.2. The van der Waals surface area contributed by atoms with Crippen LogP contribution < -0.4 is 10.2 Å². The van der Waals surface area contributed by atoms with Crippen molar-refractivity contribution >= 4 is 18.2 Å². The molecule has 128 valence electrons. The number of ether oxygens (including phenoxy) is 1. The molecule has 1 saturated carbocycles. The van der Waals surface area contributed by atoms with Gasteiger partial charge in [0.25, 0.3) is 0 Å². The molecule has 0 atom stereocenters. The maximum Gasteiger partial charge on any atom is 0.494 e. The Morgan fingerprint density at radius 1 is 1.04 bits per heavy atom. The number of allylic oxidation sites excluding steroid dienone is 1. The Balaban J connectivity index is 1.81. The lowest BCUT2D eigenvalue weighted by Gasteiger charge is -2.32. The Morgan fingerprint density at radius 2 is 1.67 bits per heavy atom. The van der Waals surface area contributed by atoms with E-state index in [1.54, 1.807) is 0 Å². The van der Waals surface area contributed by atoms with Crippen molar-refractivity contribution in [1.82, 2.24) is 0 Å². The van der Waals surface area contributed by atoms with Crippen LogP contribution in [0.5, 0.6) is 5.75 Å². The van der Waals surface area contributed by atoms with E-state index in [4.69, 9.17) is 14.0 Å². The Kier molecular flexibility index (Phi) is 3.31. The molecule has 0 bridgehead atoms. The highest BCUT2D eigenvalue weighted by Crippen LogP contribution is 2.56. The second-order valence-electron chi connectivity index (χ2n) is 8.69. The fraction of sp³-hybridized carbons (Fsp3) is 0.600. The number of rotatable bonds is 2. The summed E-state index contributed by atoms with van der Waals surface area (Å²) >= 11 is 0. The second-order valence-corrected chi connectivity index (χ2v) is 8.69. The summed E-state index contributed by atoms with van der Waals surface area (Å²) in [4.78, 5) is 0. The van der Waals surface area contributed by atoms with Gasteiger partial charge in [-0.05, 0) is 64.9 Å². The summed E-state index contributed by atoms with van der Waals surface area (Å²) in [5.41, 5.74) is 4.21. The zero-order valence-corrected chi connectivity index (χ0v) is 15.5. The van der Waals surface area contributed by atoms with E-state index in [0.717, 1.165) is 35.4 Å². The minimum atomic E-state index is -0.337. The molecule has 24 heavy (non-hydrogen) atoms. The minimum Gasteiger partial charge on any atom is -0.493 e. The molecule has 1 saturated heterocycles. The van der Waals surface area contributed by atoms with Gasteiger partial charge in [0.05, 0.1) is 17.8 Å². The molecule has 0 amide bonds. The first kappa shape index (κ1) is 16.2. The van der Waals surface area contributed by atoms with Crippen LogP contribution in [0.25, 0.3) is 5.57 Å². The van der Waals surface area contributed by atoms with Gasteiger partial charge < -0.3 is 14.0 Å². The van der Waals surface area contributed by atoms with Crippen molar-refractivity contribution in [1.29, 1.82) is 0 Å². The SMILES string of the molecule is C=C(C)c1cc(B2OC(C)(C)C(C)(C)O2)cc2c1OCCC21CC1. The summed E-state index contributed by atoms with van der Waals surface area (Å²) in [5, 5.41) is 0. The van der Waals surface area contributed by atoms with E-state index in [1.807, 2.05) is 6.92 Å². The molecule has 1 aliphatic carbocycles. The van der Waals surface area contributed by atoms with Gasteiger partial charge in [0.1, 0.15) is 5.75 Å². The van der Waals surface area contributed by atoms with Crippen LogP contribution in [0.15, 0.2) is 18.7 Å². The molecule has 1 aromatic carbocycles. The molecule has 0 unspecified atom stereocenters. The van der Waals surface area contributed by atoms with Crippen LogP contribution in [0.3, 0.4) is 0 Å². The molecular formula is C20H27BO3. The van der Waals surface area contributed by atoms with Gasteiger partial charge in [-0.1, -0.05) is 18.7 Å². The highest BCUT2D eigenvalue weighted by Gasteiger charge is 2.53. The fourth-order valence-corrected chi connectivity index (χ4v) is 3.79. The maximum absolute atomic E-state index is 6.27. The highest BCUT2D eigenvalue weighted by molar-refractivity contribution is 6.62. The molecule has 1 aromatic rings. The van der Waals surface area contributed by atoms with Gasteiger partial charge in [-0.25, -0.2) is 0 Å². The van der Waals surface area contributed by atoms with Gasteiger partial charge in [-0.2, -0.15) is 0 Å². The topological polar surface area (TPSA) is 27.7 Å². The predicted octanol–water partition coefficient (Wildman–Crippen LogP) is 3.83. The van der Waals surface area contributed by atoms with Crippen LogP contribution in [0.1, 0.15) is 65.0 Å². The molecule has 1 spiro atoms.